The summed E-state index contributed by atoms with van der Waals surface area (Å²) in [5.74, 6) is 0.633. The Morgan fingerprint density at radius 3 is 2.83 bits per heavy atom. The number of benzene rings is 1. The molecule has 0 unspecified atom stereocenters. The fourth-order valence-electron chi connectivity index (χ4n) is 1.39. The van der Waals surface area contributed by atoms with Gasteiger partial charge in [-0.3, -0.25) is 4.79 Å². The number of amides is 1. The van der Waals surface area contributed by atoms with Crippen molar-refractivity contribution in [1.29, 1.82) is 0 Å². The van der Waals surface area contributed by atoms with Gasteiger partial charge in [0.1, 0.15) is 5.75 Å². The summed E-state index contributed by atoms with van der Waals surface area (Å²) >= 11 is 3.25. The summed E-state index contributed by atoms with van der Waals surface area (Å²) in [7, 11) is 0. The third-order valence-electron chi connectivity index (χ3n) is 2.38. The van der Waals surface area contributed by atoms with Gasteiger partial charge in [0.15, 0.2) is 0 Å². The van der Waals surface area contributed by atoms with Gasteiger partial charge in [0.2, 0.25) is 5.91 Å². The first kappa shape index (κ1) is 15.0. The molecule has 0 radical (unpaired) electrons. The Morgan fingerprint density at radius 2 is 2.17 bits per heavy atom. The summed E-state index contributed by atoms with van der Waals surface area (Å²) in [6, 6.07) is 5.44. The second-order valence-electron chi connectivity index (χ2n) is 4.55. The molecule has 0 bridgehead atoms. The molecule has 0 saturated heterocycles. The number of aromatic hydroxyl groups is 1. The van der Waals surface area contributed by atoms with E-state index < -0.39 is 0 Å². The molecule has 0 atom stereocenters. The van der Waals surface area contributed by atoms with E-state index in [4.69, 9.17) is 0 Å². The topological polar surface area (TPSA) is 61.4 Å². The number of phenols is 1. The number of nitrogens with one attached hydrogen (secondary N) is 2. The molecule has 0 heterocycles. The molecule has 1 aromatic carbocycles. The third-order valence-corrected chi connectivity index (χ3v) is 3.02. The van der Waals surface area contributed by atoms with Crippen LogP contribution in [-0.2, 0) is 11.3 Å². The fourth-order valence-corrected chi connectivity index (χ4v) is 1.80. The van der Waals surface area contributed by atoms with Crippen LogP contribution in [-0.4, -0.2) is 24.1 Å². The van der Waals surface area contributed by atoms with Crippen LogP contribution < -0.4 is 10.6 Å². The van der Waals surface area contributed by atoms with Crippen LogP contribution in [0.2, 0.25) is 0 Å². The van der Waals surface area contributed by atoms with Gasteiger partial charge >= 0.3 is 0 Å². The Hall–Kier alpha value is -1.07. The number of para-hydroxylation sites is 1. The zero-order chi connectivity index (χ0) is 13.5. The summed E-state index contributed by atoms with van der Waals surface area (Å²) < 4.78 is 0.658. The van der Waals surface area contributed by atoms with Gasteiger partial charge in [0, 0.05) is 18.7 Å². The molecule has 0 spiro atoms. The smallest absolute Gasteiger partial charge is 0.233 e. The number of hydrogen-bond acceptors (Lipinski definition) is 3. The Balaban J connectivity index is 2.33. The zero-order valence-corrected chi connectivity index (χ0v) is 12.3. The second-order valence-corrected chi connectivity index (χ2v) is 5.40. The van der Waals surface area contributed by atoms with E-state index in [0.29, 0.717) is 23.5 Å². The van der Waals surface area contributed by atoms with Crippen LogP contribution in [0.4, 0.5) is 0 Å². The van der Waals surface area contributed by atoms with E-state index >= 15 is 0 Å². The summed E-state index contributed by atoms with van der Waals surface area (Å²) in [5.41, 5.74) is 0.765. The number of carbonyl (C=O) groups excluding carboxylic acids is 1. The van der Waals surface area contributed by atoms with E-state index in [1.165, 1.54) is 0 Å². The maximum atomic E-state index is 11.4. The summed E-state index contributed by atoms with van der Waals surface area (Å²) in [4.78, 5) is 11.4. The van der Waals surface area contributed by atoms with Gasteiger partial charge in [0.05, 0.1) is 11.0 Å². The fraction of sp³-hybridized carbons (Fsp3) is 0.462. The molecular weight excluding hydrogens is 296 g/mol. The lowest BCUT2D eigenvalue weighted by atomic mass is 10.2. The predicted molar refractivity (Wildman–Crippen MR) is 75.4 cm³/mol. The molecule has 0 aromatic heterocycles. The highest BCUT2D eigenvalue weighted by atomic mass is 79.9. The molecule has 18 heavy (non-hydrogen) atoms. The van der Waals surface area contributed by atoms with Crippen molar-refractivity contribution < 1.29 is 9.90 Å². The van der Waals surface area contributed by atoms with Crippen molar-refractivity contribution >= 4 is 21.8 Å². The lowest BCUT2D eigenvalue weighted by Crippen LogP contribution is -2.35. The molecule has 0 aliphatic rings. The standard InChI is InChI=1S/C13H19BrN2O2/c1-9(2)6-16-12(17)8-15-7-10-4-3-5-11(14)13(10)18/h3-5,9,15,18H,6-8H2,1-2H3,(H,16,17). The quantitative estimate of drug-likeness (QED) is 0.753. The van der Waals surface area contributed by atoms with Crippen LogP contribution in [0.15, 0.2) is 22.7 Å². The third kappa shape index (κ3) is 5.06. The highest BCUT2D eigenvalue weighted by Gasteiger charge is 2.06. The molecule has 1 aromatic rings. The monoisotopic (exact) mass is 314 g/mol. The Kier molecular flexibility index (Phi) is 6.15. The maximum absolute atomic E-state index is 11.4. The molecule has 3 N–H and O–H groups in total. The van der Waals surface area contributed by atoms with Crippen molar-refractivity contribution in [3.8, 4) is 5.75 Å². The number of rotatable bonds is 6. The van der Waals surface area contributed by atoms with Gasteiger partial charge in [-0.1, -0.05) is 26.0 Å². The lowest BCUT2D eigenvalue weighted by Gasteiger charge is -2.09. The molecule has 0 fully saturated rings. The Labute approximate surface area is 116 Å². The zero-order valence-electron chi connectivity index (χ0n) is 10.7. The molecule has 0 aliphatic carbocycles. The first-order valence-corrected chi connectivity index (χ1v) is 6.73. The van der Waals surface area contributed by atoms with Gasteiger partial charge in [0.25, 0.3) is 0 Å². The molecule has 0 aliphatic heterocycles. The van der Waals surface area contributed by atoms with Crippen molar-refractivity contribution in [3.05, 3.63) is 28.2 Å². The second kappa shape index (κ2) is 7.38. The van der Waals surface area contributed by atoms with E-state index in [0.717, 1.165) is 5.56 Å². The molecular formula is C13H19BrN2O2. The lowest BCUT2D eigenvalue weighted by molar-refractivity contribution is -0.120. The highest BCUT2D eigenvalue weighted by Crippen LogP contribution is 2.26. The Bertz CT molecular complexity index is 408. The van der Waals surface area contributed by atoms with E-state index in [2.05, 4.69) is 26.6 Å². The molecule has 1 rings (SSSR count). The normalized spacial score (nSPS) is 10.7. The summed E-state index contributed by atoms with van der Waals surface area (Å²) in [6.45, 7) is 5.49. The number of carbonyl (C=O) groups is 1. The SMILES string of the molecule is CC(C)CNC(=O)CNCc1cccc(Br)c1O. The number of phenolic OH excluding ortho intramolecular Hbond substituents is 1. The number of hydrogen-bond donors (Lipinski definition) is 3. The molecule has 4 nitrogen and oxygen atoms in total. The first-order valence-electron chi connectivity index (χ1n) is 5.94. The van der Waals surface area contributed by atoms with Crippen LogP contribution in [0.1, 0.15) is 19.4 Å². The van der Waals surface area contributed by atoms with Crippen LogP contribution in [0.25, 0.3) is 0 Å². The molecule has 1 amide bonds. The Morgan fingerprint density at radius 1 is 1.44 bits per heavy atom. The van der Waals surface area contributed by atoms with Crippen LogP contribution in [0, 0.1) is 5.92 Å². The van der Waals surface area contributed by atoms with Crippen molar-refractivity contribution in [1.82, 2.24) is 10.6 Å². The van der Waals surface area contributed by atoms with E-state index in [1.807, 2.05) is 26.0 Å². The number of halogens is 1. The average molecular weight is 315 g/mol. The van der Waals surface area contributed by atoms with Gasteiger partial charge in [-0.2, -0.15) is 0 Å². The van der Waals surface area contributed by atoms with Crippen LogP contribution in [0.3, 0.4) is 0 Å². The van der Waals surface area contributed by atoms with E-state index in [-0.39, 0.29) is 18.2 Å². The molecule has 5 heteroatoms. The molecule has 100 valence electrons. The minimum absolute atomic E-state index is 0.0295. The largest absolute Gasteiger partial charge is 0.506 e. The van der Waals surface area contributed by atoms with Crippen molar-refractivity contribution in [2.45, 2.75) is 20.4 Å². The first-order chi connectivity index (χ1) is 8.50. The van der Waals surface area contributed by atoms with Gasteiger partial charge in [-0.05, 0) is 27.9 Å². The van der Waals surface area contributed by atoms with Crippen LogP contribution >= 0.6 is 15.9 Å². The molecule has 0 saturated carbocycles. The highest BCUT2D eigenvalue weighted by molar-refractivity contribution is 9.10. The van der Waals surface area contributed by atoms with Gasteiger partial charge in [-0.25, -0.2) is 0 Å². The van der Waals surface area contributed by atoms with Crippen LogP contribution in [0.5, 0.6) is 5.75 Å². The van der Waals surface area contributed by atoms with Gasteiger partial charge in [-0.15, -0.1) is 0 Å². The van der Waals surface area contributed by atoms with E-state index in [9.17, 15) is 9.90 Å². The average Bonchev–Trinajstić information content (AvgIpc) is 2.32. The maximum Gasteiger partial charge on any atom is 0.233 e. The van der Waals surface area contributed by atoms with Crippen molar-refractivity contribution in [2.75, 3.05) is 13.1 Å². The van der Waals surface area contributed by atoms with E-state index in [1.54, 1.807) is 6.07 Å². The minimum atomic E-state index is -0.0295. The predicted octanol–water partition coefficient (Wildman–Crippen LogP) is 2.02. The summed E-state index contributed by atoms with van der Waals surface area (Å²) in [5, 5.41) is 15.6. The minimum Gasteiger partial charge on any atom is -0.506 e. The van der Waals surface area contributed by atoms with Crippen molar-refractivity contribution in [3.63, 3.8) is 0 Å². The van der Waals surface area contributed by atoms with Crippen molar-refractivity contribution in [2.24, 2.45) is 5.92 Å². The van der Waals surface area contributed by atoms with Gasteiger partial charge < -0.3 is 15.7 Å². The summed E-state index contributed by atoms with van der Waals surface area (Å²) in [6.07, 6.45) is 0.